The molecule has 0 aromatic heterocycles. The van der Waals surface area contributed by atoms with Crippen LogP contribution in [0.4, 0.5) is 4.79 Å². The summed E-state index contributed by atoms with van der Waals surface area (Å²) in [6.45, 7) is 2.95. The Hall–Kier alpha value is -3.15. The van der Waals surface area contributed by atoms with Crippen LogP contribution < -0.4 is 0 Å². The highest BCUT2D eigenvalue weighted by Gasteiger charge is 2.48. The third-order valence-electron chi connectivity index (χ3n) is 9.52. The third kappa shape index (κ3) is 12.7. The molecule has 48 heavy (non-hydrogen) atoms. The summed E-state index contributed by atoms with van der Waals surface area (Å²) >= 11 is 0. The Balaban J connectivity index is 1.53. The smallest absolute Gasteiger partial charge is 0.409 e. The van der Waals surface area contributed by atoms with E-state index in [4.69, 9.17) is 9.47 Å². The summed E-state index contributed by atoms with van der Waals surface area (Å²) in [6.07, 6.45) is 18.6. The molecule has 0 spiro atoms. The molecule has 2 atom stereocenters. The second-order valence-corrected chi connectivity index (χ2v) is 13.5. The van der Waals surface area contributed by atoms with Gasteiger partial charge in [0.1, 0.15) is 6.10 Å². The van der Waals surface area contributed by atoms with E-state index in [0.717, 1.165) is 29.5 Å². The van der Waals surface area contributed by atoms with Crippen LogP contribution in [0.1, 0.15) is 126 Å². The van der Waals surface area contributed by atoms with E-state index < -0.39 is 23.7 Å². The van der Waals surface area contributed by atoms with Crippen LogP contribution >= 0.6 is 0 Å². The largest absolute Gasteiger partial charge is 0.441 e. The molecule has 5 heteroatoms. The van der Waals surface area contributed by atoms with Gasteiger partial charge in [0.05, 0.1) is 12.0 Å². The summed E-state index contributed by atoms with van der Waals surface area (Å²) in [4.78, 5) is 14.3. The minimum absolute atomic E-state index is 0.105. The van der Waals surface area contributed by atoms with Gasteiger partial charge in [-0.1, -0.05) is 194 Å². The Morgan fingerprint density at radius 2 is 0.958 bits per heavy atom. The van der Waals surface area contributed by atoms with Gasteiger partial charge in [0.25, 0.3) is 0 Å². The van der Waals surface area contributed by atoms with Crippen LogP contribution in [0.15, 0.2) is 91.0 Å². The number of carbonyl (C=O) groups excluding carboxylic acids is 1. The minimum atomic E-state index is -1.13. The maximum absolute atomic E-state index is 12.9. The standard InChI is InChI=1S/C43H63NO4/c1-4-5-6-7-8-9-10-11-12-13-14-15-16-17-18-28-35-47-36-40(48-42(46)44(2)3)41(45)43(37-29-22-19-23-30-37,38-31-24-20-25-32-38)39-33-26-21-27-34-39/h19-27,29-34,40-41,45H,4-18,28,35-36H2,1-3H3. The summed E-state index contributed by atoms with van der Waals surface area (Å²) in [6, 6.07) is 30.0. The second kappa shape index (κ2) is 23.2. The lowest BCUT2D eigenvalue weighted by molar-refractivity contribution is -0.0686. The molecule has 0 fully saturated rings. The van der Waals surface area contributed by atoms with Crippen molar-refractivity contribution in [2.45, 2.75) is 127 Å². The van der Waals surface area contributed by atoms with Gasteiger partial charge in [-0.2, -0.15) is 0 Å². The minimum Gasteiger partial charge on any atom is -0.441 e. The van der Waals surface area contributed by atoms with Crippen LogP contribution in [0.2, 0.25) is 0 Å². The molecule has 0 aliphatic heterocycles. The van der Waals surface area contributed by atoms with Gasteiger partial charge in [-0.25, -0.2) is 4.79 Å². The molecule has 0 radical (unpaired) electrons. The molecule has 264 valence electrons. The van der Waals surface area contributed by atoms with Gasteiger partial charge in [-0.15, -0.1) is 0 Å². The van der Waals surface area contributed by atoms with E-state index in [0.29, 0.717) is 6.61 Å². The van der Waals surface area contributed by atoms with Crippen LogP contribution in [-0.2, 0) is 14.9 Å². The molecule has 1 N–H and O–H groups in total. The average molecular weight is 658 g/mol. The molecule has 0 saturated heterocycles. The van der Waals surface area contributed by atoms with Gasteiger partial charge in [0.2, 0.25) is 0 Å². The first-order valence-electron chi connectivity index (χ1n) is 18.8. The summed E-state index contributed by atoms with van der Waals surface area (Å²) in [5.74, 6) is 0. The zero-order chi connectivity index (χ0) is 34.3. The molecular weight excluding hydrogens is 594 g/mol. The molecule has 3 aromatic carbocycles. The Morgan fingerprint density at radius 1 is 0.604 bits per heavy atom. The van der Waals surface area contributed by atoms with Crippen molar-refractivity contribution in [3.05, 3.63) is 108 Å². The first-order valence-corrected chi connectivity index (χ1v) is 18.8. The predicted octanol–water partition coefficient (Wildman–Crippen LogP) is 10.7. The number of carbonyl (C=O) groups is 1. The van der Waals surface area contributed by atoms with Crippen molar-refractivity contribution >= 4 is 6.09 Å². The van der Waals surface area contributed by atoms with Crippen LogP contribution in [0.5, 0.6) is 0 Å². The maximum Gasteiger partial charge on any atom is 0.409 e. The van der Waals surface area contributed by atoms with Crippen molar-refractivity contribution in [2.75, 3.05) is 27.3 Å². The van der Waals surface area contributed by atoms with Gasteiger partial charge in [-0.3, -0.25) is 0 Å². The van der Waals surface area contributed by atoms with E-state index >= 15 is 0 Å². The number of nitrogens with zero attached hydrogens (tertiary/aromatic N) is 1. The Kier molecular flexibility index (Phi) is 19.0. The average Bonchev–Trinajstić information content (AvgIpc) is 3.12. The molecule has 3 aromatic rings. The number of ether oxygens (including phenoxy) is 2. The van der Waals surface area contributed by atoms with Gasteiger partial charge < -0.3 is 19.5 Å². The molecule has 0 bridgehead atoms. The van der Waals surface area contributed by atoms with Crippen molar-refractivity contribution in [1.82, 2.24) is 4.90 Å². The lowest BCUT2D eigenvalue weighted by Crippen LogP contribution is -2.52. The molecule has 5 nitrogen and oxygen atoms in total. The number of aliphatic hydroxyl groups is 1. The fraction of sp³-hybridized carbons (Fsp3) is 0.558. The van der Waals surface area contributed by atoms with E-state index in [2.05, 4.69) is 6.92 Å². The van der Waals surface area contributed by atoms with Crippen LogP contribution in [0, 0.1) is 0 Å². The van der Waals surface area contributed by atoms with Crippen LogP contribution in [0.3, 0.4) is 0 Å². The molecule has 3 rings (SSSR count). The number of aliphatic hydroxyl groups excluding tert-OH is 1. The van der Waals surface area contributed by atoms with Crippen molar-refractivity contribution in [3.8, 4) is 0 Å². The zero-order valence-corrected chi connectivity index (χ0v) is 30.2. The number of unbranched alkanes of at least 4 members (excludes halogenated alkanes) is 15. The summed E-state index contributed by atoms with van der Waals surface area (Å²) in [5.41, 5.74) is 1.74. The van der Waals surface area contributed by atoms with Gasteiger partial charge in [0.15, 0.2) is 6.10 Å². The van der Waals surface area contributed by atoms with Crippen LogP contribution in [0.25, 0.3) is 0 Å². The fourth-order valence-electron chi connectivity index (χ4n) is 6.77. The van der Waals surface area contributed by atoms with E-state index in [1.54, 1.807) is 14.1 Å². The predicted molar refractivity (Wildman–Crippen MR) is 200 cm³/mol. The van der Waals surface area contributed by atoms with Crippen molar-refractivity contribution in [2.24, 2.45) is 0 Å². The van der Waals surface area contributed by atoms with Crippen molar-refractivity contribution in [3.63, 3.8) is 0 Å². The molecule has 0 aliphatic carbocycles. The van der Waals surface area contributed by atoms with E-state index in [1.165, 1.54) is 94.8 Å². The lowest BCUT2D eigenvalue weighted by Gasteiger charge is -2.42. The number of rotatable bonds is 25. The normalized spacial score (nSPS) is 12.8. The quantitative estimate of drug-likeness (QED) is 0.0728. The zero-order valence-electron chi connectivity index (χ0n) is 30.2. The van der Waals surface area contributed by atoms with Gasteiger partial charge in [0, 0.05) is 20.7 Å². The summed E-state index contributed by atoms with van der Waals surface area (Å²) in [5, 5.41) is 12.5. The van der Waals surface area contributed by atoms with Crippen molar-refractivity contribution < 1.29 is 19.4 Å². The number of benzene rings is 3. The Labute approximate surface area is 292 Å². The van der Waals surface area contributed by atoms with E-state index in [-0.39, 0.29) is 6.61 Å². The summed E-state index contributed by atoms with van der Waals surface area (Å²) in [7, 11) is 3.31. The highest BCUT2D eigenvalue weighted by molar-refractivity contribution is 5.67. The van der Waals surface area contributed by atoms with E-state index in [9.17, 15) is 9.90 Å². The summed E-state index contributed by atoms with van der Waals surface area (Å²) < 4.78 is 12.2. The highest BCUT2D eigenvalue weighted by atomic mass is 16.6. The fourth-order valence-corrected chi connectivity index (χ4v) is 6.77. The first kappa shape index (κ1) is 39.3. The number of hydrogen-bond acceptors (Lipinski definition) is 4. The number of hydrogen-bond donors (Lipinski definition) is 1. The Morgan fingerprint density at radius 3 is 1.31 bits per heavy atom. The first-order chi connectivity index (χ1) is 23.5. The molecule has 2 unspecified atom stereocenters. The maximum atomic E-state index is 12.9. The molecular formula is C43H63NO4. The van der Waals surface area contributed by atoms with Gasteiger partial charge in [-0.05, 0) is 23.1 Å². The topological polar surface area (TPSA) is 59.0 Å². The second-order valence-electron chi connectivity index (χ2n) is 13.5. The Bertz CT molecular complexity index is 1120. The SMILES string of the molecule is CCCCCCCCCCCCCCCCCCOCC(OC(=O)N(C)C)C(O)C(c1ccccc1)(c1ccccc1)c1ccccc1. The third-order valence-corrected chi connectivity index (χ3v) is 9.52. The van der Waals surface area contributed by atoms with Crippen molar-refractivity contribution in [1.29, 1.82) is 0 Å². The molecule has 0 aliphatic rings. The molecule has 0 saturated carbocycles. The number of amides is 1. The lowest BCUT2D eigenvalue weighted by atomic mass is 9.64. The van der Waals surface area contributed by atoms with Crippen LogP contribution in [-0.4, -0.2) is 55.6 Å². The monoisotopic (exact) mass is 657 g/mol. The molecule has 0 heterocycles. The van der Waals surface area contributed by atoms with E-state index in [1.807, 2.05) is 91.0 Å². The highest BCUT2D eigenvalue weighted by Crippen LogP contribution is 2.44. The molecule has 1 amide bonds. The van der Waals surface area contributed by atoms with Gasteiger partial charge >= 0.3 is 6.09 Å².